The van der Waals surface area contributed by atoms with Crippen LogP contribution in [0.3, 0.4) is 0 Å². The molecule has 0 radical (unpaired) electrons. The van der Waals surface area contributed by atoms with Gasteiger partial charge in [0.25, 0.3) is 0 Å². The SMILES string of the molecule is CCn1ncc(Br)c1C(=O)c1ncccc1Cl. The van der Waals surface area contributed by atoms with Gasteiger partial charge in [0.15, 0.2) is 0 Å². The van der Waals surface area contributed by atoms with Crippen LogP contribution in [0.5, 0.6) is 0 Å². The Morgan fingerprint density at radius 3 is 3.00 bits per heavy atom. The predicted molar refractivity (Wildman–Crippen MR) is 68.3 cm³/mol. The van der Waals surface area contributed by atoms with Crippen LogP contribution in [0.15, 0.2) is 29.0 Å². The summed E-state index contributed by atoms with van der Waals surface area (Å²) in [5.41, 5.74) is 0.707. The predicted octanol–water partition coefficient (Wildman–Crippen LogP) is 2.94. The van der Waals surface area contributed by atoms with Crippen molar-refractivity contribution in [3.05, 3.63) is 45.4 Å². The van der Waals surface area contributed by atoms with E-state index in [1.54, 1.807) is 29.2 Å². The first-order chi connectivity index (χ1) is 8.15. The van der Waals surface area contributed by atoms with Crippen LogP contribution in [0, 0.1) is 0 Å². The minimum atomic E-state index is -0.234. The van der Waals surface area contributed by atoms with Crippen molar-refractivity contribution in [3.8, 4) is 0 Å². The summed E-state index contributed by atoms with van der Waals surface area (Å²) in [6.07, 6.45) is 3.13. The lowest BCUT2D eigenvalue weighted by Gasteiger charge is -2.05. The third-order valence-corrected chi connectivity index (χ3v) is 3.17. The Morgan fingerprint density at radius 1 is 1.59 bits per heavy atom. The van der Waals surface area contributed by atoms with Gasteiger partial charge in [-0.05, 0) is 35.0 Å². The van der Waals surface area contributed by atoms with Crippen LogP contribution in [-0.4, -0.2) is 20.5 Å². The van der Waals surface area contributed by atoms with Gasteiger partial charge < -0.3 is 0 Å². The highest BCUT2D eigenvalue weighted by Gasteiger charge is 2.21. The van der Waals surface area contributed by atoms with Crippen molar-refractivity contribution in [2.45, 2.75) is 13.5 Å². The molecule has 0 aliphatic carbocycles. The van der Waals surface area contributed by atoms with E-state index in [0.29, 0.717) is 21.7 Å². The third-order valence-electron chi connectivity index (χ3n) is 2.28. The molecule has 88 valence electrons. The molecule has 2 rings (SSSR count). The molecule has 0 fully saturated rings. The van der Waals surface area contributed by atoms with E-state index in [-0.39, 0.29) is 11.5 Å². The monoisotopic (exact) mass is 313 g/mol. The number of nitrogens with zero attached hydrogens (tertiary/aromatic N) is 3. The molecule has 0 unspecified atom stereocenters. The highest BCUT2D eigenvalue weighted by molar-refractivity contribution is 9.10. The lowest BCUT2D eigenvalue weighted by atomic mass is 10.2. The molecule has 4 nitrogen and oxygen atoms in total. The number of ketones is 1. The van der Waals surface area contributed by atoms with Crippen molar-refractivity contribution in [2.75, 3.05) is 0 Å². The molecule has 0 saturated carbocycles. The summed E-state index contributed by atoms with van der Waals surface area (Å²) in [6, 6.07) is 3.33. The number of carbonyl (C=O) groups excluding carboxylic acids is 1. The van der Waals surface area contributed by atoms with Crippen molar-refractivity contribution < 1.29 is 4.79 Å². The summed E-state index contributed by atoms with van der Waals surface area (Å²) >= 11 is 9.26. The van der Waals surface area contributed by atoms with Gasteiger partial charge in [-0.1, -0.05) is 11.6 Å². The summed E-state index contributed by atoms with van der Waals surface area (Å²) in [6.45, 7) is 2.52. The highest BCUT2D eigenvalue weighted by atomic mass is 79.9. The van der Waals surface area contributed by atoms with Crippen LogP contribution in [0.4, 0.5) is 0 Å². The van der Waals surface area contributed by atoms with E-state index >= 15 is 0 Å². The minimum absolute atomic E-state index is 0.234. The van der Waals surface area contributed by atoms with E-state index < -0.39 is 0 Å². The summed E-state index contributed by atoms with van der Waals surface area (Å²) in [7, 11) is 0. The van der Waals surface area contributed by atoms with Gasteiger partial charge in [0.05, 0.1) is 15.7 Å². The smallest absolute Gasteiger partial charge is 0.232 e. The minimum Gasteiger partial charge on any atom is -0.285 e. The number of pyridine rings is 1. The number of rotatable bonds is 3. The van der Waals surface area contributed by atoms with Crippen molar-refractivity contribution in [3.63, 3.8) is 0 Å². The second-order valence-corrected chi connectivity index (χ2v) is 4.58. The average Bonchev–Trinajstić information content (AvgIpc) is 2.70. The van der Waals surface area contributed by atoms with E-state index in [0.717, 1.165) is 0 Å². The maximum Gasteiger partial charge on any atom is 0.232 e. The Bertz CT molecular complexity index is 568. The average molecular weight is 315 g/mol. The molecule has 0 spiro atoms. The zero-order chi connectivity index (χ0) is 12.4. The normalized spacial score (nSPS) is 10.5. The zero-order valence-electron chi connectivity index (χ0n) is 9.02. The Kier molecular flexibility index (Phi) is 3.59. The van der Waals surface area contributed by atoms with Crippen LogP contribution < -0.4 is 0 Å². The van der Waals surface area contributed by atoms with E-state index in [1.165, 1.54) is 0 Å². The number of carbonyl (C=O) groups is 1. The van der Waals surface area contributed by atoms with Gasteiger partial charge in [-0.3, -0.25) is 14.5 Å². The number of halogens is 2. The Hall–Kier alpha value is -1.20. The summed E-state index contributed by atoms with van der Waals surface area (Å²) in [5.74, 6) is -0.234. The largest absolute Gasteiger partial charge is 0.285 e. The van der Waals surface area contributed by atoms with Crippen LogP contribution in [0.2, 0.25) is 5.02 Å². The second kappa shape index (κ2) is 4.98. The fourth-order valence-electron chi connectivity index (χ4n) is 1.49. The molecule has 17 heavy (non-hydrogen) atoms. The molecule has 0 atom stereocenters. The van der Waals surface area contributed by atoms with E-state index in [2.05, 4.69) is 26.0 Å². The van der Waals surface area contributed by atoms with Gasteiger partial charge in [-0.25, -0.2) is 0 Å². The molecule has 2 heterocycles. The number of aromatic nitrogens is 3. The molecule has 2 aromatic heterocycles. The fourth-order valence-corrected chi connectivity index (χ4v) is 2.18. The van der Waals surface area contributed by atoms with Crippen molar-refractivity contribution in [2.24, 2.45) is 0 Å². The Morgan fingerprint density at radius 2 is 2.35 bits per heavy atom. The van der Waals surface area contributed by atoms with Gasteiger partial charge in [-0.2, -0.15) is 5.10 Å². The van der Waals surface area contributed by atoms with Gasteiger partial charge in [0.2, 0.25) is 5.78 Å². The molecular weight excluding hydrogens is 305 g/mol. The molecule has 6 heteroatoms. The third kappa shape index (κ3) is 2.25. The first-order valence-electron chi connectivity index (χ1n) is 5.01. The zero-order valence-corrected chi connectivity index (χ0v) is 11.4. The number of hydrogen-bond acceptors (Lipinski definition) is 3. The van der Waals surface area contributed by atoms with Crippen molar-refractivity contribution in [1.82, 2.24) is 14.8 Å². The highest BCUT2D eigenvalue weighted by Crippen LogP contribution is 2.22. The maximum atomic E-state index is 12.3. The first-order valence-corrected chi connectivity index (χ1v) is 6.18. The summed E-state index contributed by atoms with van der Waals surface area (Å²) < 4.78 is 2.25. The molecule has 0 aliphatic rings. The van der Waals surface area contributed by atoms with Gasteiger partial charge in [0.1, 0.15) is 11.4 Å². The molecule has 0 saturated heterocycles. The van der Waals surface area contributed by atoms with E-state index in [4.69, 9.17) is 11.6 Å². The van der Waals surface area contributed by atoms with Crippen LogP contribution in [-0.2, 0) is 6.54 Å². The number of aryl methyl sites for hydroxylation is 1. The molecule has 0 amide bonds. The second-order valence-electron chi connectivity index (χ2n) is 3.32. The first kappa shape index (κ1) is 12.3. The van der Waals surface area contributed by atoms with Gasteiger partial charge in [0, 0.05) is 12.7 Å². The van der Waals surface area contributed by atoms with E-state index in [9.17, 15) is 4.79 Å². The van der Waals surface area contributed by atoms with Crippen LogP contribution in [0.25, 0.3) is 0 Å². The van der Waals surface area contributed by atoms with Crippen molar-refractivity contribution >= 4 is 33.3 Å². The quantitative estimate of drug-likeness (QED) is 0.818. The van der Waals surface area contributed by atoms with E-state index in [1.807, 2.05) is 6.92 Å². The lowest BCUT2D eigenvalue weighted by molar-refractivity contribution is 0.102. The van der Waals surface area contributed by atoms with Crippen molar-refractivity contribution in [1.29, 1.82) is 0 Å². The Labute approximate surface area is 112 Å². The van der Waals surface area contributed by atoms with Gasteiger partial charge >= 0.3 is 0 Å². The molecule has 2 aromatic rings. The summed E-state index contributed by atoms with van der Waals surface area (Å²) in [4.78, 5) is 16.3. The Balaban J connectivity index is 2.51. The molecular formula is C11H9BrClN3O. The molecule has 0 bridgehead atoms. The standard InChI is InChI=1S/C11H9BrClN3O/c1-2-16-10(7(12)6-15-16)11(17)9-8(13)4-3-5-14-9/h3-6H,2H2,1H3. The molecule has 0 aromatic carbocycles. The molecule has 0 aliphatic heterocycles. The summed E-state index contributed by atoms with van der Waals surface area (Å²) in [5, 5.41) is 4.43. The number of hydrogen-bond donors (Lipinski definition) is 0. The topological polar surface area (TPSA) is 47.8 Å². The van der Waals surface area contributed by atoms with Crippen LogP contribution >= 0.6 is 27.5 Å². The maximum absolute atomic E-state index is 12.3. The van der Waals surface area contributed by atoms with Gasteiger partial charge in [-0.15, -0.1) is 0 Å². The molecule has 0 N–H and O–H groups in total. The van der Waals surface area contributed by atoms with Crippen LogP contribution in [0.1, 0.15) is 23.1 Å². The lowest BCUT2D eigenvalue weighted by Crippen LogP contribution is -2.12. The fraction of sp³-hybridized carbons (Fsp3) is 0.182.